The smallest absolute Gasteiger partial charge is 0.261 e. The van der Waals surface area contributed by atoms with E-state index in [0.717, 1.165) is 17.7 Å². The number of ether oxygens (including phenoxy) is 1. The quantitative estimate of drug-likeness (QED) is 0.273. The molecule has 0 bridgehead atoms. The van der Waals surface area contributed by atoms with Gasteiger partial charge in [0, 0.05) is 36.1 Å². The minimum Gasteiger partial charge on any atom is -0.454 e. The molecule has 0 fully saturated rings. The summed E-state index contributed by atoms with van der Waals surface area (Å²) in [6, 6.07) is 16.7. The molecule has 1 N–H and O–H groups in total. The molecule has 5 aromatic rings. The minimum atomic E-state index is -3.63. The highest BCUT2D eigenvalue weighted by Crippen LogP contribution is 2.38. The third kappa shape index (κ3) is 5.66. The van der Waals surface area contributed by atoms with Crippen LogP contribution in [0.2, 0.25) is 0 Å². The maximum Gasteiger partial charge on any atom is 0.261 e. The number of hydrogen-bond donors (Lipinski definition) is 1. The molecular formula is C28H24F2N4O5S. The Balaban J connectivity index is 1.64. The molecule has 9 nitrogen and oxygen atoms in total. The Morgan fingerprint density at radius 2 is 1.70 bits per heavy atom. The van der Waals surface area contributed by atoms with Crippen LogP contribution >= 0.6 is 0 Å². The predicted molar refractivity (Wildman–Crippen MR) is 147 cm³/mol. The molecule has 0 amide bonds. The molecule has 2 aromatic heterocycles. The van der Waals surface area contributed by atoms with Crippen LogP contribution in [0.4, 0.5) is 14.5 Å². The molecule has 2 heterocycles. The fraction of sp³-hybridized carbons (Fsp3) is 0.143. The molecule has 0 aliphatic carbocycles. The van der Waals surface area contributed by atoms with E-state index in [9.17, 15) is 22.0 Å². The molecule has 0 saturated carbocycles. The van der Waals surface area contributed by atoms with Gasteiger partial charge in [-0.3, -0.25) is 9.52 Å². The maximum absolute atomic E-state index is 14.5. The van der Waals surface area contributed by atoms with Gasteiger partial charge in [0.2, 0.25) is 10.0 Å². The Labute approximate surface area is 228 Å². The van der Waals surface area contributed by atoms with E-state index in [1.165, 1.54) is 46.9 Å². The number of aromatic nitrogens is 3. The van der Waals surface area contributed by atoms with E-state index >= 15 is 0 Å². The largest absolute Gasteiger partial charge is 0.454 e. The highest BCUT2D eigenvalue weighted by Gasteiger charge is 2.20. The van der Waals surface area contributed by atoms with Crippen LogP contribution in [-0.4, -0.2) is 28.7 Å². The molecule has 0 unspecified atom stereocenters. The summed E-state index contributed by atoms with van der Waals surface area (Å²) >= 11 is 0. The normalized spacial score (nSPS) is 11.5. The molecule has 0 saturated heterocycles. The number of rotatable bonds is 9. The second-order valence-electron chi connectivity index (χ2n) is 8.91. The van der Waals surface area contributed by atoms with Gasteiger partial charge >= 0.3 is 0 Å². The molecule has 40 heavy (non-hydrogen) atoms. The first kappa shape index (κ1) is 26.9. The molecule has 0 spiro atoms. The van der Waals surface area contributed by atoms with Crippen molar-refractivity contribution in [3.8, 4) is 22.6 Å². The monoisotopic (exact) mass is 566 g/mol. The van der Waals surface area contributed by atoms with Crippen molar-refractivity contribution in [2.75, 3.05) is 10.5 Å². The lowest BCUT2D eigenvalue weighted by atomic mass is 10.0. The summed E-state index contributed by atoms with van der Waals surface area (Å²) in [5.41, 5.74) is 1.69. The third-order valence-corrected chi connectivity index (χ3v) is 7.37. The van der Waals surface area contributed by atoms with Crippen LogP contribution in [0, 0.1) is 11.6 Å². The fourth-order valence-corrected chi connectivity index (χ4v) is 4.64. The fourth-order valence-electron chi connectivity index (χ4n) is 4.01. The van der Waals surface area contributed by atoms with E-state index in [0.29, 0.717) is 17.2 Å². The van der Waals surface area contributed by atoms with Gasteiger partial charge in [-0.1, -0.05) is 30.3 Å². The average molecular weight is 567 g/mol. The summed E-state index contributed by atoms with van der Waals surface area (Å²) < 4.78 is 62.1. The molecule has 206 valence electrons. The van der Waals surface area contributed by atoms with E-state index in [4.69, 9.17) is 9.57 Å². The summed E-state index contributed by atoms with van der Waals surface area (Å²) in [6.07, 6.45) is 2.97. The molecular weight excluding hydrogens is 542 g/mol. The Hall–Kier alpha value is -4.71. The number of benzene rings is 3. The van der Waals surface area contributed by atoms with E-state index in [1.54, 1.807) is 7.05 Å². The van der Waals surface area contributed by atoms with Crippen molar-refractivity contribution in [3.63, 3.8) is 0 Å². The van der Waals surface area contributed by atoms with Crippen LogP contribution in [0.3, 0.4) is 0 Å². The summed E-state index contributed by atoms with van der Waals surface area (Å²) in [4.78, 5) is 19.9. The Morgan fingerprint density at radius 1 is 0.950 bits per heavy atom. The number of nitrogens with one attached hydrogen (secondary N) is 1. The first-order valence-electron chi connectivity index (χ1n) is 12.2. The zero-order valence-corrected chi connectivity index (χ0v) is 22.3. The van der Waals surface area contributed by atoms with Crippen molar-refractivity contribution in [3.05, 3.63) is 107 Å². The lowest BCUT2D eigenvalue weighted by Crippen LogP contribution is -2.16. The highest BCUT2D eigenvalue weighted by molar-refractivity contribution is 7.92. The molecule has 0 radical (unpaired) electrons. The van der Waals surface area contributed by atoms with Crippen molar-refractivity contribution < 1.29 is 26.8 Å². The molecule has 0 aliphatic rings. The van der Waals surface area contributed by atoms with Gasteiger partial charge in [-0.15, -0.1) is 9.94 Å². The Kier molecular flexibility index (Phi) is 7.26. The number of nitrogens with zero attached hydrogens (tertiary/aromatic N) is 3. The maximum atomic E-state index is 14.5. The number of pyridine rings is 1. The topological polar surface area (TPSA) is 104 Å². The zero-order valence-electron chi connectivity index (χ0n) is 21.5. The van der Waals surface area contributed by atoms with Crippen LogP contribution < -0.4 is 19.9 Å². The molecule has 0 aliphatic heterocycles. The van der Waals surface area contributed by atoms with Crippen molar-refractivity contribution in [2.24, 2.45) is 7.05 Å². The van der Waals surface area contributed by atoms with Crippen molar-refractivity contribution in [1.29, 1.82) is 0 Å². The SMILES string of the molecule is CCS(=O)(=O)Nc1ccc(Oc2ccc(F)cc2F)c(-c2cn(C)c(=O)c3cn(OCc4ccccc4)nc23)c1. The van der Waals surface area contributed by atoms with Gasteiger partial charge in [0.1, 0.15) is 23.7 Å². The van der Waals surface area contributed by atoms with E-state index in [2.05, 4.69) is 9.82 Å². The second-order valence-corrected chi connectivity index (χ2v) is 10.9. The number of sulfonamides is 1. The van der Waals surface area contributed by atoms with Crippen LogP contribution in [0.5, 0.6) is 11.5 Å². The summed E-state index contributed by atoms with van der Waals surface area (Å²) in [6.45, 7) is 1.69. The van der Waals surface area contributed by atoms with E-state index < -0.39 is 21.7 Å². The van der Waals surface area contributed by atoms with E-state index in [-0.39, 0.29) is 46.0 Å². The van der Waals surface area contributed by atoms with Gasteiger partial charge in [-0.05, 0) is 42.8 Å². The first-order chi connectivity index (χ1) is 19.1. The van der Waals surface area contributed by atoms with Gasteiger partial charge in [0.05, 0.1) is 17.3 Å². The molecule has 3 aromatic carbocycles. The molecule has 12 heteroatoms. The number of hydrogen-bond acceptors (Lipinski definition) is 6. The van der Waals surface area contributed by atoms with E-state index in [1.807, 2.05) is 30.3 Å². The molecule has 0 atom stereocenters. The lowest BCUT2D eigenvalue weighted by Gasteiger charge is -2.15. The standard InChI is InChI=1S/C28H24F2N4O5S/c1-3-40(36,37)32-20-10-12-25(39-26-11-9-19(29)13-24(26)30)21(14-20)22-15-33(2)28(35)23-16-34(31-27(22)23)38-17-18-7-5-4-6-8-18/h4-16,32H,3,17H2,1-2H3. The predicted octanol–water partition coefficient (Wildman–Crippen LogP) is 4.86. The van der Waals surface area contributed by atoms with Crippen molar-refractivity contribution in [2.45, 2.75) is 13.5 Å². The Morgan fingerprint density at radius 3 is 2.42 bits per heavy atom. The van der Waals surface area contributed by atoms with Crippen molar-refractivity contribution >= 4 is 26.6 Å². The summed E-state index contributed by atoms with van der Waals surface area (Å²) in [7, 11) is -2.08. The van der Waals surface area contributed by atoms with Crippen LogP contribution in [0.25, 0.3) is 22.0 Å². The number of anilines is 1. The van der Waals surface area contributed by atoms with Crippen molar-refractivity contribution in [1.82, 2.24) is 14.5 Å². The Bertz CT molecular complexity index is 1870. The van der Waals surface area contributed by atoms with Crippen LogP contribution in [0.15, 0.2) is 83.9 Å². The van der Waals surface area contributed by atoms with Gasteiger partial charge < -0.3 is 14.1 Å². The zero-order chi connectivity index (χ0) is 28.4. The van der Waals surface area contributed by atoms with Gasteiger partial charge in [-0.25, -0.2) is 17.2 Å². The highest BCUT2D eigenvalue weighted by atomic mass is 32.2. The van der Waals surface area contributed by atoms with Gasteiger partial charge in [0.25, 0.3) is 5.56 Å². The van der Waals surface area contributed by atoms with Gasteiger partial charge in [-0.2, -0.15) is 0 Å². The van der Waals surface area contributed by atoms with Gasteiger partial charge in [0.15, 0.2) is 11.6 Å². The second kappa shape index (κ2) is 10.8. The number of aryl methyl sites for hydroxylation is 1. The minimum absolute atomic E-state index is 0.115. The summed E-state index contributed by atoms with van der Waals surface area (Å²) in [5, 5.41) is 4.70. The third-order valence-electron chi connectivity index (χ3n) is 6.07. The number of halogens is 2. The van der Waals surface area contributed by atoms with Crippen LogP contribution in [-0.2, 0) is 23.7 Å². The first-order valence-corrected chi connectivity index (χ1v) is 13.8. The summed E-state index contributed by atoms with van der Waals surface area (Å²) in [5.74, 6) is -1.98. The van der Waals surface area contributed by atoms with Crippen LogP contribution in [0.1, 0.15) is 12.5 Å². The lowest BCUT2D eigenvalue weighted by molar-refractivity contribution is 0.0716. The molecule has 5 rings (SSSR count). The number of fused-ring (bicyclic) bond motifs is 1. The average Bonchev–Trinajstić information content (AvgIpc) is 3.37.